The highest BCUT2D eigenvalue weighted by molar-refractivity contribution is 9.10. The molecule has 0 saturated carbocycles. The van der Waals surface area contributed by atoms with Crippen molar-refractivity contribution >= 4 is 39.4 Å². The molecule has 0 bridgehead atoms. The first-order valence-electron chi connectivity index (χ1n) is 12.8. The molecular weight excluding hydrogens is 562 g/mol. The molecule has 3 aromatic rings. The SMILES string of the molecule is Cc1ccc(C(=O)N[C@@H](Cc2ccc(O)cc2)C(=O)N2CCC3C2C(=O)CN3C(=O)c2ccccc2)cc1Br. The lowest BCUT2D eigenvalue weighted by atomic mass is 10.0. The van der Waals surface area contributed by atoms with Gasteiger partial charge in [0.15, 0.2) is 5.78 Å². The summed E-state index contributed by atoms with van der Waals surface area (Å²) in [6.45, 7) is 2.16. The van der Waals surface area contributed by atoms with Crippen LogP contribution in [-0.2, 0) is 16.0 Å². The van der Waals surface area contributed by atoms with Gasteiger partial charge in [0.05, 0.1) is 12.6 Å². The summed E-state index contributed by atoms with van der Waals surface area (Å²) < 4.78 is 0.777. The van der Waals surface area contributed by atoms with E-state index < -0.39 is 24.0 Å². The highest BCUT2D eigenvalue weighted by Gasteiger charge is 2.52. The number of halogens is 1. The lowest BCUT2D eigenvalue weighted by Gasteiger charge is -2.28. The number of Topliss-reactive ketones (excluding diaryl/α,β-unsaturated/α-hetero) is 1. The Bertz CT molecular complexity index is 1430. The molecule has 3 amide bonds. The number of carbonyl (C=O) groups excluding carboxylic acids is 4. The van der Waals surface area contributed by atoms with Gasteiger partial charge in [-0.15, -0.1) is 0 Å². The number of phenolic OH excluding ortho intramolecular Hbond substituents is 1. The molecule has 8 nitrogen and oxygen atoms in total. The van der Waals surface area contributed by atoms with Gasteiger partial charge in [0, 0.05) is 28.6 Å². The normalized spacial score (nSPS) is 19.1. The Morgan fingerprint density at radius 1 is 1.00 bits per heavy atom. The number of likely N-dealkylation sites (tertiary alicyclic amines) is 2. The number of aryl methyl sites for hydroxylation is 1. The van der Waals surface area contributed by atoms with E-state index in [1.807, 2.05) is 19.1 Å². The fourth-order valence-corrected chi connectivity index (χ4v) is 5.71. The van der Waals surface area contributed by atoms with Gasteiger partial charge >= 0.3 is 0 Å². The first-order chi connectivity index (χ1) is 18.7. The quantitative estimate of drug-likeness (QED) is 0.457. The smallest absolute Gasteiger partial charge is 0.254 e. The third kappa shape index (κ3) is 5.45. The number of hydrogen-bond donors (Lipinski definition) is 2. The minimum atomic E-state index is -0.951. The van der Waals surface area contributed by atoms with E-state index in [-0.39, 0.29) is 36.3 Å². The summed E-state index contributed by atoms with van der Waals surface area (Å²) >= 11 is 3.45. The van der Waals surface area contributed by atoms with Crippen molar-refractivity contribution in [1.82, 2.24) is 15.1 Å². The molecule has 5 rings (SSSR count). The average molecular weight is 590 g/mol. The molecule has 2 N–H and O–H groups in total. The van der Waals surface area contributed by atoms with Crippen molar-refractivity contribution in [3.63, 3.8) is 0 Å². The molecule has 2 unspecified atom stereocenters. The number of benzene rings is 3. The molecule has 0 aromatic heterocycles. The third-order valence-corrected chi connectivity index (χ3v) is 8.26. The summed E-state index contributed by atoms with van der Waals surface area (Å²) in [5, 5.41) is 12.5. The van der Waals surface area contributed by atoms with Crippen LogP contribution in [0.25, 0.3) is 0 Å². The number of ketones is 1. The van der Waals surface area contributed by atoms with E-state index in [1.165, 1.54) is 17.0 Å². The van der Waals surface area contributed by atoms with Crippen LogP contribution in [0.5, 0.6) is 5.75 Å². The van der Waals surface area contributed by atoms with Crippen LogP contribution in [0.3, 0.4) is 0 Å². The van der Waals surface area contributed by atoms with Crippen molar-refractivity contribution in [3.05, 3.63) is 99.5 Å². The van der Waals surface area contributed by atoms with E-state index in [9.17, 15) is 24.3 Å². The molecule has 2 saturated heterocycles. The monoisotopic (exact) mass is 589 g/mol. The Morgan fingerprint density at radius 2 is 1.72 bits per heavy atom. The van der Waals surface area contributed by atoms with Gasteiger partial charge in [0.25, 0.3) is 11.8 Å². The molecule has 3 aromatic carbocycles. The second-order valence-electron chi connectivity index (χ2n) is 9.96. The first kappa shape index (κ1) is 26.6. The lowest BCUT2D eigenvalue weighted by molar-refractivity contribution is -0.138. The van der Waals surface area contributed by atoms with Gasteiger partial charge in [0.1, 0.15) is 17.8 Å². The molecule has 9 heteroatoms. The van der Waals surface area contributed by atoms with Crippen LogP contribution in [0.1, 0.15) is 38.3 Å². The Labute approximate surface area is 234 Å². The number of fused-ring (bicyclic) bond motifs is 1. The molecule has 39 heavy (non-hydrogen) atoms. The van der Waals surface area contributed by atoms with Crippen LogP contribution in [0.15, 0.2) is 77.3 Å². The van der Waals surface area contributed by atoms with Gasteiger partial charge in [0.2, 0.25) is 5.91 Å². The van der Waals surface area contributed by atoms with Crippen molar-refractivity contribution in [2.24, 2.45) is 0 Å². The minimum Gasteiger partial charge on any atom is -0.508 e. The number of nitrogens with zero attached hydrogens (tertiary/aromatic N) is 2. The summed E-state index contributed by atoms with van der Waals surface area (Å²) in [7, 11) is 0. The van der Waals surface area contributed by atoms with Crippen LogP contribution >= 0.6 is 15.9 Å². The van der Waals surface area contributed by atoms with Crippen molar-refractivity contribution in [3.8, 4) is 5.75 Å². The number of aromatic hydroxyl groups is 1. The van der Waals surface area contributed by atoms with Gasteiger partial charge in [-0.2, -0.15) is 0 Å². The van der Waals surface area contributed by atoms with Gasteiger partial charge in [-0.3, -0.25) is 19.2 Å². The van der Waals surface area contributed by atoms with E-state index in [4.69, 9.17) is 0 Å². The predicted octanol–water partition coefficient (Wildman–Crippen LogP) is 3.50. The average Bonchev–Trinajstić information content (AvgIpc) is 3.52. The van der Waals surface area contributed by atoms with Crippen molar-refractivity contribution in [1.29, 1.82) is 0 Å². The first-order valence-corrected chi connectivity index (χ1v) is 13.6. The minimum absolute atomic E-state index is 0.0563. The summed E-state index contributed by atoms with van der Waals surface area (Å²) in [6.07, 6.45) is 0.651. The maximum Gasteiger partial charge on any atom is 0.254 e. The predicted molar refractivity (Wildman–Crippen MR) is 148 cm³/mol. The summed E-state index contributed by atoms with van der Waals surface area (Å²) in [4.78, 5) is 56.5. The molecule has 2 fully saturated rings. The molecule has 2 aliphatic heterocycles. The van der Waals surface area contributed by atoms with Gasteiger partial charge < -0.3 is 20.2 Å². The molecule has 2 aliphatic rings. The Balaban J connectivity index is 1.39. The van der Waals surface area contributed by atoms with E-state index >= 15 is 0 Å². The fourth-order valence-electron chi connectivity index (χ4n) is 5.33. The Morgan fingerprint density at radius 3 is 2.41 bits per heavy atom. The van der Waals surface area contributed by atoms with Crippen LogP contribution in [0.4, 0.5) is 0 Å². The van der Waals surface area contributed by atoms with E-state index in [2.05, 4.69) is 21.2 Å². The zero-order valence-electron chi connectivity index (χ0n) is 21.3. The standard InChI is InChI=1S/C30H28BrN3O5/c1-18-7-10-21(16-23(18)31)28(37)32-24(15-19-8-11-22(35)12-9-19)30(39)33-14-13-25-27(33)26(36)17-34(25)29(38)20-5-3-2-4-6-20/h2-12,16,24-25,27,35H,13-15,17H2,1H3,(H,32,37)/t24-,25?,27?/m0/s1. The topological polar surface area (TPSA) is 107 Å². The molecular formula is C30H28BrN3O5. The van der Waals surface area contributed by atoms with Crippen LogP contribution in [0, 0.1) is 6.92 Å². The van der Waals surface area contributed by atoms with Crippen molar-refractivity contribution in [2.45, 2.75) is 37.9 Å². The van der Waals surface area contributed by atoms with Crippen molar-refractivity contribution in [2.75, 3.05) is 13.1 Å². The number of nitrogens with one attached hydrogen (secondary N) is 1. The highest BCUT2D eigenvalue weighted by atomic mass is 79.9. The highest BCUT2D eigenvalue weighted by Crippen LogP contribution is 2.32. The second kappa shape index (κ2) is 11.0. The third-order valence-electron chi connectivity index (χ3n) is 7.40. The van der Waals surface area contributed by atoms with E-state index in [0.717, 1.165) is 15.6 Å². The Kier molecular flexibility index (Phi) is 7.52. The summed E-state index contributed by atoms with van der Waals surface area (Å²) in [5.74, 6) is -1.12. The van der Waals surface area contributed by atoms with Gasteiger partial charge in [-0.05, 0) is 60.9 Å². The maximum absolute atomic E-state index is 13.9. The van der Waals surface area contributed by atoms with Crippen LogP contribution in [0.2, 0.25) is 0 Å². The second-order valence-corrected chi connectivity index (χ2v) is 10.8. The maximum atomic E-state index is 13.9. The molecule has 3 atom stereocenters. The number of carbonyl (C=O) groups is 4. The summed E-state index contributed by atoms with van der Waals surface area (Å²) in [5.41, 5.74) is 2.61. The summed E-state index contributed by atoms with van der Waals surface area (Å²) in [6, 6.07) is 18.3. The largest absolute Gasteiger partial charge is 0.508 e. The van der Waals surface area contributed by atoms with Crippen molar-refractivity contribution < 1.29 is 24.3 Å². The molecule has 0 aliphatic carbocycles. The molecule has 0 spiro atoms. The number of hydrogen-bond acceptors (Lipinski definition) is 5. The van der Waals surface area contributed by atoms with Gasteiger partial charge in [-0.25, -0.2) is 0 Å². The van der Waals surface area contributed by atoms with E-state index in [1.54, 1.807) is 53.4 Å². The molecule has 200 valence electrons. The Hall–Kier alpha value is -3.98. The molecule has 2 heterocycles. The van der Waals surface area contributed by atoms with Crippen LogP contribution < -0.4 is 5.32 Å². The van der Waals surface area contributed by atoms with Crippen LogP contribution in [-0.4, -0.2) is 69.6 Å². The zero-order chi connectivity index (χ0) is 27.7. The van der Waals surface area contributed by atoms with Gasteiger partial charge in [-0.1, -0.05) is 52.3 Å². The number of amides is 3. The van der Waals surface area contributed by atoms with E-state index in [0.29, 0.717) is 24.1 Å². The lowest BCUT2D eigenvalue weighted by Crippen LogP contribution is -2.53. The number of phenols is 1. The fraction of sp³-hybridized carbons (Fsp3) is 0.267. The molecule has 0 radical (unpaired) electrons. The zero-order valence-corrected chi connectivity index (χ0v) is 22.9. The number of rotatable bonds is 6.